The van der Waals surface area contributed by atoms with Gasteiger partial charge in [-0.3, -0.25) is 4.79 Å². The number of benzene rings is 1. The Labute approximate surface area is 149 Å². The molecular weight excluding hydrogens is 321 g/mol. The highest BCUT2D eigenvalue weighted by atomic mass is 19.1. The topological polar surface area (TPSA) is 38.8 Å². The second-order valence-corrected chi connectivity index (χ2v) is 7.18. The predicted molar refractivity (Wildman–Crippen MR) is 95.0 cm³/mol. The van der Waals surface area contributed by atoms with Crippen LogP contribution in [-0.2, 0) is 20.9 Å². The molecule has 138 valence electrons. The van der Waals surface area contributed by atoms with Gasteiger partial charge < -0.3 is 14.4 Å². The largest absolute Gasteiger partial charge is 0.461 e. The van der Waals surface area contributed by atoms with Crippen LogP contribution in [0.25, 0.3) is 0 Å². The summed E-state index contributed by atoms with van der Waals surface area (Å²) in [6, 6.07) is 5.17. The maximum absolute atomic E-state index is 14.4. The molecule has 0 aromatic heterocycles. The van der Waals surface area contributed by atoms with E-state index in [9.17, 15) is 9.18 Å². The van der Waals surface area contributed by atoms with Gasteiger partial charge in [0, 0.05) is 26.3 Å². The summed E-state index contributed by atoms with van der Waals surface area (Å²) < 4.78 is 25.2. The van der Waals surface area contributed by atoms with Gasteiger partial charge in [0.25, 0.3) is 0 Å². The predicted octanol–water partition coefficient (Wildman–Crippen LogP) is 3.92. The molecule has 2 fully saturated rings. The van der Waals surface area contributed by atoms with Crippen LogP contribution in [0.2, 0.25) is 0 Å². The first kappa shape index (κ1) is 18.2. The molecule has 2 aliphatic heterocycles. The SMILES string of the molecule is CC(C(=O)OCc1ccc(N2CCCCC2)c(F)c1)C1CCOCC1. The second-order valence-electron chi connectivity index (χ2n) is 7.18. The molecule has 2 heterocycles. The zero-order chi connectivity index (χ0) is 17.6. The number of anilines is 1. The third-order valence-corrected chi connectivity index (χ3v) is 5.43. The number of hydrogen-bond acceptors (Lipinski definition) is 4. The van der Waals surface area contributed by atoms with E-state index in [1.165, 1.54) is 12.5 Å². The van der Waals surface area contributed by atoms with E-state index >= 15 is 0 Å². The van der Waals surface area contributed by atoms with Crippen molar-refractivity contribution >= 4 is 11.7 Å². The van der Waals surface area contributed by atoms with E-state index in [1.807, 2.05) is 19.1 Å². The Bertz CT molecular complexity index is 580. The molecule has 2 saturated heterocycles. The Hall–Kier alpha value is -1.62. The van der Waals surface area contributed by atoms with E-state index < -0.39 is 0 Å². The number of piperidine rings is 1. The summed E-state index contributed by atoms with van der Waals surface area (Å²) in [5, 5.41) is 0. The molecule has 1 atom stereocenters. The lowest BCUT2D eigenvalue weighted by atomic mass is 9.87. The molecule has 0 aliphatic carbocycles. The number of hydrogen-bond donors (Lipinski definition) is 0. The first-order valence-electron chi connectivity index (χ1n) is 9.43. The highest BCUT2D eigenvalue weighted by Gasteiger charge is 2.27. The first-order chi connectivity index (χ1) is 12.1. The fourth-order valence-electron chi connectivity index (χ4n) is 3.73. The minimum absolute atomic E-state index is 0.129. The van der Waals surface area contributed by atoms with Crippen LogP contribution in [-0.4, -0.2) is 32.3 Å². The lowest BCUT2D eigenvalue weighted by Crippen LogP contribution is -2.30. The molecule has 2 aliphatic rings. The molecule has 25 heavy (non-hydrogen) atoms. The van der Waals surface area contributed by atoms with Gasteiger partial charge in [0.2, 0.25) is 0 Å². The summed E-state index contributed by atoms with van der Waals surface area (Å²) in [6.45, 7) is 5.29. The summed E-state index contributed by atoms with van der Waals surface area (Å²) in [5.41, 5.74) is 1.36. The van der Waals surface area contributed by atoms with Gasteiger partial charge in [0.05, 0.1) is 11.6 Å². The van der Waals surface area contributed by atoms with Crippen molar-refractivity contribution in [2.45, 2.75) is 45.6 Å². The zero-order valence-electron chi connectivity index (χ0n) is 15.0. The molecule has 0 N–H and O–H groups in total. The van der Waals surface area contributed by atoms with E-state index in [2.05, 4.69) is 4.90 Å². The monoisotopic (exact) mass is 349 g/mol. The van der Waals surface area contributed by atoms with E-state index in [0.29, 0.717) is 30.4 Å². The molecule has 0 saturated carbocycles. The number of carbonyl (C=O) groups excluding carboxylic acids is 1. The average molecular weight is 349 g/mol. The first-order valence-corrected chi connectivity index (χ1v) is 9.43. The van der Waals surface area contributed by atoms with E-state index in [4.69, 9.17) is 9.47 Å². The Kier molecular flexibility index (Phi) is 6.29. The Morgan fingerprint density at radius 1 is 1.28 bits per heavy atom. The van der Waals surface area contributed by atoms with Gasteiger partial charge in [-0.25, -0.2) is 4.39 Å². The van der Waals surface area contributed by atoms with Gasteiger partial charge in [-0.2, -0.15) is 0 Å². The summed E-state index contributed by atoms with van der Waals surface area (Å²) >= 11 is 0. The van der Waals surface area contributed by atoms with Gasteiger partial charge in [0.1, 0.15) is 12.4 Å². The van der Waals surface area contributed by atoms with E-state index in [0.717, 1.165) is 38.8 Å². The smallest absolute Gasteiger partial charge is 0.309 e. The van der Waals surface area contributed by atoms with Crippen LogP contribution < -0.4 is 4.90 Å². The van der Waals surface area contributed by atoms with Crippen molar-refractivity contribution in [1.82, 2.24) is 0 Å². The molecule has 1 aromatic carbocycles. The van der Waals surface area contributed by atoms with Crippen LogP contribution in [0.5, 0.6) is 0 Å². The van der Waals surface area contributed by atoms with Crippen LogP contribution in [0.4, 0.5) is 10.1 Å². The number of ether oxygens (including phenoxy) is 2. The molecule has 3 rings (SSSR count). The van der Waals surface area contributed by atoms with Crippen molar-refractivity contribution in [2.24, 2.45) is 11.8 Å². The quantitative estimate of drug-likeness (QED) is 0.755. The number of carbonyl (C=O) groups is 1. The Morgan fingerprint density at radius 3 is 2.68 bits per heavy atom. The van der Waals surface area contributed by atoms with Crippen molar-refractivity contribution in [2.75, 3.05) is 31.2 Å². The molecule has 4 nitrogen and oxygen atoms in total. The van der Waals surface area contributed by atoms with Gasteiger partial charge in [-0.05, 0) is 55.7 Å². The normalized spacial score (nSPS) is 20.3. The highest BCUT2D eigenvalue weighted by molar-refractivity contribution is 5.72. The lowest BCUT2D eigenvalue weighted by molar-refractivity contribution is -0.152. The van der Waals surface area contributed by atoms with Crippen LogP contribution >= 0.6 is 0 Å². The molecule has 0 radical (unpaired) electrons. The molecule has 1 aromatic rings. The number of rotatable bonds is 5. The van der Waals surface area contributed by atoms with Gasteiger partial charge in [-0.1, -0.05) is 13.0 Å². The third kappa shape index (κ3) is 4.72. The van der Waals surface area contributed by atoms with E-state index in [1.54, 1.807) is 0 Å². The number of nitrogens with zero attached hydrogens (tertiary/aromatic N) is 1. The Balaban J connectivity index is 1.54. The van der Waals surface area contributed by atoms with Gasteiger partial charge in [0.15, 0.2) is 0 Å². The van der Waals surface area contributed by atoms with Crippen LogP contribution in [0.1, 0.15) is 44.6 Å². The molecule has 0 amide bonds. The molecule has 0 spiro atoms. The van der Waals surface area contributed by atoms with Crippen LogP contribution in [0.15, 0.2) is 18.2 Å². The van der Waals surface area contributed by atoms with Crippen molar-refractivity contribution in [3.05, 3.63) is 29.6 Å². The van der Waals surface area contributed by atoms with Crippen molar-refractivity contribution in [3.8, 4) is 0 Å². The zero-order valence-corrected chi connectivity index (χ0v) is 15.0. The van der Waals surface area contributed by atoms with E-state index in [-0.39, 0.29) is 24.3 Å². The minimum atomic E-state index is -0.229. The fraction of sp³-hybridized carbons (Fsp3) is 0.650. The highest BCUT2D eigenvalue weighted by Crippen LogP contribution is 2.26. The van der Waals surface area contributed by atoms with Gasteiger partial charge in [-0.15, -0.1) is 0 Å². The fourth-order valence-corrected chi connectivity index (χ4v) is 3.73. The van der Waals surface area contributed by atoms with Crippen molar-refractivity contribution in [1.29, 1.82) is 0 Å². The van der Waals surface area contributed by atoms with Crippen LogP contribution in [0, 0.1) is 17.7 Å². The minimum Gasteiger partial charge on any atom is -0.461 e. The Morgan fingerprint density at radius 2 is 2.00 bits per heavy atom. The molecule has 0 bridgehead atoms. The number of halogens is 1. The standard InChI is InChI=1S/C20H28FNO3/c1-15(17-7-11-24-12-8-17)20(23)25-14-16-5-6-19(18(21)13-16)22-9-3-2-4-10-22/h5-6,13,15,17H,2-4,7-12,14H2,1H3. The molecular formula is C20H28FNO3. The summed E-state index contributed by atoms with van der Waals surface area (Å²) in [5.74, 6) is -0.249. The summed E-state index contributed by atoms with van der Waals surface area (Å²) in [6.07, 6.45) is 5.24. The lowest BCUT2D eigenvalue weighted by Gasteiger charge is -2.29. The maximum Gasteiger partial charge on any atom is 0.309 e. The number of esters is 1. The van der Waals surface area contributed by atoms with Crippen LogP contribution in [0.3, 0.4) is 0 Å². The van der Waals surface area contributed by atoms with Gasteiger partial charge >= 0.3 is 5.97 Å². The van der Waals surface area contributed by atoms with Crippen molar-refractivity contribution in [3.63, 3.8) is 0 Å². The maximum atomic E-state index is 14.4. The summed E-state index contributed by atoms with van der Waals surface area (Å²) in [4.78, 5) is 14.3. The summed E-state index contributed by atoms with van der Waals surface area (Å²) in [7, 11) is 0. The average Bonchev–Trinajstić information content (AvgIpc) is 2.67. The second kappa shape index (κ2) is 8.65. The van der Waals surface area contributed by atoms with Crippen molar-refractivity contribution < 1.29 is 18.7 Å². The molecule has 1 unspecified atom stereocenters. The molecule has 5 heteroatoms. The third-order valence-electron chi connectivity index (χ3n) is 5.43.